The van der Waals surface area contributed by atoms with Gasteiger partial charge in [0.15, 0.2) is 0 Å². The van der Waals surface area contributed by atoms with Crippen LogP contribution in [0.1, 0.15) is 12.1 Å². The van der Waals surface area contributed by atoms with E-state index in [2.05, 4.69) is 12.2 Å². The van der Waals surface area contributed by atoms with Crippen LogP contribution in [0.15, 0.2) is 52.1 Å². The Labute approximate surface area is 124 Å². The Kier molecular flexibility index (Phi) is 1.72. The molecule has 4 heterocycles. The molecule has 2 aliphatic carbocycles. The van der Waals surface area contributed by atoms with Gasteiger partial charge in [0.25, 0.3) is 0 Å². The van der Waals surface area contributed by atoms with E-state index in [-0.39, 0.29) is 23.5 Å². The molecule has 5 aliphatic rings. The van der Waals surface area contributed by atoms with Crippen molar-refractivity contribution >= 4 is 0 Å². The van der Waals surface area contributed by atoms with Gasteiger partial charge < -0.3 is 4.74 Å². The molecule has 0 unspecified atom stereocenters. The van der Waals surface area contributed by atoms with Gasteiger partial charge in [-0.15, -0.1) is 0 Å². The zero-order valence-corrected chi connectivity index (χ0v) is 11.6. The van der Waals surface area contributed by atoms with E-state index in [1.807, 2.05) is 18.2 Å². The first kappa shape index (κ1) is 11.3. The van der Waals surface area contributed by atoms with Crippen molar-refractivity contribution in [3.05, 3.63) is 63.5 Å². The Balaban J connectivity index is 1.65. The number of rotatable bonds is 1. The standard InChI is InChI=1S/C16H13N3O3/c20-15-17(8-4-2-1-3-5-8)16(21)19-10-7-6-9(18(15)19)11-12(10)14-13(11)22-14/h1-7,9-14H/t9-,10-,11-,12-,13-,14-/m1/s1. The highest BCUT2D eigenvalue weighted by Gasteiger charge is 2.71. The van der Waals surface area contributed by atoms with E-state index in [1.54, 1.807) is 21.5 Å². The number of benzene rings is 1. The molecule has 1 aromatic heterocycles. The fraction of sp³-hybridized carbons (Fsp3) is 0.375. The Bertz CT molecular complexity index is 896. The van der Waals surface area contributed by atoms with Gasteiger partial charge >= 0.3 is 11.4 Å². The lowest BCUT2D eigenvalue weighted by atomic mass is 9.62. The summed E-state index contributed by atoms with van der Waals surface area (Å²) in [7, 11) is 0. The van der Waals surface area contributed by atoms with Crippen molar-refractivity contribution in [2.45, 2.75) is 24.3 Å². The van der Waals surface area contributed by atoms with Crippen LogP contribution in [0.5, 0.6) is 0 Å². The van der Waals surface area contributed by atoms with Gasteiger partial charge in [0.05, 0.1) is 30.0 Å². The molecule has 2 aromatic rings. The highest BCUT2D eigenvalue weighted by molar-refractivity contribution is 5.32. The molecule has 6 heteroatoms. The Hall–Kier alpha value is -2.34. The molecule has 1 aromatic carbocycles. The SMILES string of the molecule is O=c1n(-c2ccccc2)c(=O)n2n1[C@@H]1C=C[C@@H]2[C@H]2[C@H]3O[C@@H]3[C@@H]21. The van der Waals surface area contributed by atoms with Gasteiger partial charge in [-0.25, -0.2) is 23.5 Å². The van der Waals surface area contributed by atoms with E-state index in [4.69, 9.17) is 4.74 Å². The van der Waals surface area contributed by atoms with Crippen LogP contribution in [-0.2, 0) is 4.74 Å². The zero-order chi connectivity index (χ0) is 14.6. The van der Waals surface area contributed by atoms with Crippen molar-refractivity contribution in [3.63, 3.8) is 0 Å². The van der Waals surface area contributed by atoms with Crippen molar-refractivity contribution in [1.29, 1.82) is 0 Å². The normalized spacial score (nSPS) is 38.9. The topological polar surface area (TPSA) is 61.5 Å². The van der Waals surface area contributed by atoms with Gasteiger partial charge in [-0.1, -0.05) is 30.4 Å². The van der Waals surface area contributed by atoms with Gasteiger partial charge in [-0.2, -0.15) is 0 Å². The molecule has 110 valence electrons. The van der Waals surface area contributed by atoms with Crippen molar-refractivity contribution in [1.82, 2.24) is 13.9 Å². The number of hydrogen-bond donors (Lipinski definition) is 0. The van der Waals surface area contributed by atoms with Crippen LogP contribution in [-0.4, -0.2) is 26.1 Å². The summed E-state index contributed by atoms with van der Waals surface area (Å²) >= 11 is 0. The molecule has 0 spiro atoms. The van der Waals surface area contributed by atoms with Crippen LogP contribution in [0.2, 0.25) is 0 Å². The number of allylic oxidation sites excluding steroid dienone is 2. The van der Waals surface area contributed by atoms with Crippen LogP contribution in [0.4, 0.5) is 0 Å². The Morgan fingerprint density at radius 2 is 1.36 bits per heavy atom. The van der Waals surface area contributed by atoms with Crippen molar-refractivity contribution < 1.29 is 4.74 Å². The van der Waals surface area contributed by atoms with E-state index in [0.717, 1.165) is 0 Å². The summed E-state index contributed by atoms with van der Waals surface area (Å²) in [5.41, 5.74) is 0.122. The van der Waals surface area contributed by atoms with Crippen molar-refractivity contribution in [2.24, 2.45) is 11.8 Å². The fourth-order valence-corrected chi connectivity index (χ4v) is 4.68. The monoisotopic (exact) mass is 295 g/mol. The maximum atomic E-state index is 12.9. The van der Waals surface area contributed by atoms with Crippen molar-refractivity contribution in [2.75, 3.05) is 0 Å². The van der Waals surface area contributed by atoms with Gasteiger partial charge in [0, 0.05) is 11.8 Å². The number of hydrogen-bond acceptors (Lipinski definition) is 3. The molecule has 0 N–H and O–H groups in total. The summed E-state index contributed by atoms with van der Waals surface area (Å²) in [5.74, 6) is 0.701. The summed E-state index contributed by atoms with van der Waals surface area (Å²) in [6.45, 7) is 0. The second-order valence-electron chi connectivity index (χ2n) is 6.51. The zero-order valence-electron chi connectivity index (χ0n) is 11.6. The van der Waals surface area contributed by atoms with Crippen LogP contribution < -0.4 is 11.4 Å². The summed E-state index contributed by atoms with van der Waals surface area (Å²) in [4.78, 5) is 25.7. The predicted octanol–water partition coefficient (Wildman–Crippen LogP) is 0.480. The van der Waals surface area contributed by atoms with E-state index in [9.17, 15) is 9.59 Å². The van der Waals surface area contributed by atoms with Crippen LogP contribution in [0.25, 0.3) is 5.69 Å². The number of para-hydroxylation sites is 1. The summed E-state index contributed by atoms with van der Waals surface area (Å²) in [5, 5.41) is 0. The second-order valence-corrected chi connectivity index (χ2v) is 6.51. The highest BCUT2D eigenvalue weighted by atomic mass is 16.6. The molecule has 0 amide bonds. The van der Waals surface area contributed by atoms with Crippen LogP contribution in [0.3, 0.4) is 0 Å². The van der Waals surface area contributed by atoms with Gasteiger partial charge in [0.1, 0.15) is 0 Å². The maximum Gasteiger partial charge on any atom is 0.352 e. The lowest BCUT2D eigenvalue weighted by Crippen LogP contribution is -2.57. The molecule has 1 saturated carbocycles. The van der Waals surface area contributed by atoms with E-state index in [1.165, 1.54) is 4.57 Å². The van der Waals surface area contributed by atoms with Crippen LogP contribution >= 0.6 is 0 Å². The summed E-state index contributed by atoms with van der Waals surface area (Å²) in [6, 6.07) is 9.02. The Morgan fingerprint density at radius 1 is 0.818 bits per heavy atom. The molecular weight excluding hydrogens is 282 g/mol. The fourth-order valence-electron chi connectivity index (χ4n) is 4.68. The minimum atomic E-state index is -0.252. The average molecular weight is 295 g/mol. The van der Waals surface area contributed by atoms with Gasteiger partial charge in [-0.05, 0) is 12.1 Å². The predicted molar refractivity (Wildman–Crippen MR) is 77.1 cm³/mol. The molecular formula is C16H13N3O3. The largest absolute Gasteiger partial charge is 0.369 e. The van der Waals surface area contributed by atoms with Crippen molar-refractivity contribution in [3.8, 4) is 5.69 Å². The molecule has 2 fully saturated rings. The number of ether oxygens (including phenoxy) is 1. The molecule has 6 nitrogen and oxygen atoms in total. The average Bonchev–Trinajstić information content (AvgIpc) is 3.17. The molecule has 1 saturated heterocycles. The second kappa shape index (κ2) is 3.35. The minimum absolute atomic E-state index is 0.0519. The third-order valence-corrected chi connectivity index (χ3v) is 5.64. The highest BCUT2D eigenvalue weighted by Crippen LogP contribution is 2.63. The lowest BCUT2D eigenvalue weighted by Gasteiger charge is -2.48. The Morgan fingerprint density at radius 3 is 1.91 bits per heavy atom. The van der Waals surface area contributed by atoms with E-state index in [0.29, 0.717) is 29.7 Å². The molecule has 7 rings (SSSR count). The molecule has 0 radical (unpaired) electrons. The quantitative estimate of drug-likeness (QED) is 0.568. The maximum absolute atomic E-state index is 12.9. The molecule has 2 bridgehead atoms. The lowest BCUT2D eigenvalue weighted by molar-refractivity contribution is 0.0509. The number of nitrogens with zero attached hydrogens (tertiary/aromatic N) is 3. The first-order chi connectivity index (χ1) is 10.8. The number of epoxide rings is 1. The smallest absolute Gasteiger partial charge is 0.352 e. The first-order valence-corrected chi connectivity index (χ1v) is 7.62. The van der Waals surface area contributed by atoms with E-state index >= 15 is 0 Å². The third kappa shape index (κ3) is 1.04. The van der Waals surface area contributed by atoms with Gasteiger partial charge in [-0.3, -0.25) is 0 Å². The number of fused-ring (bicyclic) bond motifs is 1. The number of aromatic nitrogens is 3. The molecule has 6 atom stereocenters. The van der Waals surface area contributed by atoms with Gasteiger partial charge in [0.2, 0.25) is 0 Å². The summed E-state index contributed by atoms with van der Waals surface area (Å²) < 4.78 is 10.2. The summed E-state index contributed by atoms with van der Waals surface area (Å²) in [6.07, 6.45) is 4.72. The molecule has 3 aliphatic heterocycles. The first-order valence-electron chi connectivity index (χ1n) is 7.62. The van der Waals surface area contributed by atoms with E-state index < -0.39 is 0 Å². The third-order valence-electron chi connectivity index (χ3n) is 5.64. The van der Waals surface area contributed by atoms with Crippen LogP contribution in [0, 0.1) is 11.8 Å². The molecule has 22 heavy (non-hydrogen) atoms. The minimum Gasteiger partial charge on any atom is -0.369 e.